The Morgan fingerprint density at radius 2 is 1.85 bits per heavy atom. The van der Waals surface area contributed by atoms with Crippen LogP contribution in [0.25, 0.3) is 0 Å². The maximum Gasteiger partial charge on any atom is 0.277 e. The maximum absolute atomic E-state index is 12.1. The van der Waals surface area contributed by atoms with Crippen LogP contribution in [0.1, 0.15) is 17.0 Å². The zero-order valence-corrected chi connectivity index (χ0v) is 15.4. The van der Waals surface area contributed by atoms with Crippen molar-refractivity contribution in [2.45, 2.75) is 25.7 Å². The highest BCUT2D eigenvalue weighted by atomic mass is 32.2. The summed E-state index contributed by atoms with van der Waals surface area (Å²) < 4.78 is 11.0. The van der Waals surface area contributed by atoms with Crippen LogP contribution in [0.3, 0.4) is 0 Å². The zero-order valence-electron chi connectivity index (χ0n) is 14.6. The van der Waals surface area contributed by atoms with Gasteiger partial charge in [0, 0.05) is 5.69 Å². The number of nitrogens with zero attached hydrogens (tertiary/aromatic N) is 2. The molecule has 0 saturated carbocycles. The molecule has 0 atom stereocenters. The summed E-state index contributed by atoms with van der Waals surface area (Å²) in [6.45, 7) is 4.18. The first-order valence-corrected chi connectivity index (χ1v) is 9.08. The van der Waals surface area contributed by atoms with E-state index in [2.05, 4.69) is 21.6 Å². The molecule has 0 radical (unpaired) electrons. The number of aryl methyl sites for hydroxylation is 2. The summed E-state index contributed by atoms with van der Waals surface area (Å²) in [6, 6.07) is 15.3. The molecule has 134 valence electrons. The van der Waals surface area contributed by atoms with Gasteiger partial charge in [0.05, 0.1) is 5.75 Å². The van der Waals surface area contributed by atoms with Crippen LogP contribution in [0.5, 0.6) is 5.75 Å². The second-order valence-corrected chi connectivity index (χ2v) is 6.70. The largest absolute Gasteiger partial charge is 0.484 e. The molecule has 3 aromatic rings. The fourth-order valence-electron chi connectivity index (χ4n) is 2.39. The van der Waals surface area contributed by atoms with Crippen molar-refractivity contribution in [2.75, 3.05) is 11.1 Å². The zero-order chi connectivity index (χ0) is 18.4. The van der Waals surface area contributed by atoms with Gasteiger partial charge in [-0.3, -0.25) is 4.79 Å². The average molecular weight is 369 g/mol. The molecule has 7 heteroatoms. The van der Waals surface area contributed by atoms with Crippen molar-refractivity contribution in [1.82, 2.24) is 10.2 Å². The van der Waals surface area contributed by atoms with Gasteiger partial charge in [-0.1, -0.05) is 36.0 Å². The molecule has 0 unspecified atom stereocenters. The van der Waals surface area contributed by atoms with Gasteiger partial charge in [0.25, 0.3) is 11.1 Å². The summed E-state index contributed by atoms with van der Waals surface area (Å²) >= 11 is 1.19. The molecular weight excluding hydrogens is 350 g/mol. The maximum atomic E-state index is 12.1. The number of carbonyl (C=O) groups excluding carboxylic acids is 1. The monoisotopic (exact) mass is 369 g/mol. The molecule has 0 aliphatic carbocycles. The summed E-state index contributed by atoms with van der Waals surface area (Å²) in [5, 5.41) is 11.1. The van der Waals surface area contributed by atoms with Crippen molar-refractivity contribution < 1.29 is 13.9 Å². The van der Waals surface area contributed by atoms with Crippen molar-refractivity contribution >= 4 is 23.4 Å². The minimum absolute atomic E-state index is 0.125. The molecule has 1 amide bonds. The predicted octanol–water partition coefficient (Wildman–Crippen LogP) is 4.00. The summed E-state index contributed by atoms with van der Waals surface area (Å²) in [4.78, 5) is 12.1. The number of thioether (sulfide) groups is 1. The Labute approximate surface area is 156 Å². The first kappa shape index (κ1) is 18.0. The van der Waals surface area contributed by atoms with Crippen molar-refractivity contribution in [3.8, 4) is 5.75 Å². The standard InChI is InChI=1S/C19H19N3O3S/c1-13-8-14(2)10-15(9-13)20-17(23)12-26-19-22-21-18(25-19)11-24-16-6-4-3-5-7-16/h3-10H,11-12H2,1-2H3,(H,20,23). The highest BCUT2D eigenvalue weighted by molar-refractivity contribution is 7.99. The molecule has 0 fully saturated rings. The lowest BCUT2D eigenvalue weighted by atomic mass is 10.1. The third-order valence-electron chi connectivity index (χ3n) is 3.39. The normalized spacial score (nSPS) is 10.5. The molecular formula is C19H19N3O3S. The number of benzene rings is 2. The lowest BCUT2D eigenvalue weighted by molar-refractivity contribution is -0.113. The van der Waals surface area contributed by atoms with Gasteiger partial charge in [-0.2, -0.15) is 0 Å². The number of hydrogen-bond donors (Lipinski definition) is 1. The van der Waals surface area contributed by atoms with Crippen LogP contribution in [-0.4, -0.2) is 21.9 Å². The second kappa shape index (κ2) is 8.53. The van der Waals surface area contributed by atoms with E-state index in [4.69, 9.17) is 9.15 Å². The number of rotatable bonds is 7. The number of carbonyl (C=O) groups is 1. The Balaban J connectivity index is 1.47. The lowest BCUT2D eigenvalue weighted by Crippen LogP contribution is -2.14. The summed E-state index contributed by atoms with van der Waals surface area (Å²) in [5.41, 5.74) is 3.00. The van der Waals surface area contributed by atoms with E-state index in [1.54, 1.807) is 0 Å². The fourth-order valence-corrected chi connectivity index (χ4v) is 2.97. The molecule has 26 heavy (non-hydrogen) atoms. The van der Waals surface area contributed by atoms with Gasteiger partial charge < -0.3 is 14.5 Å². The Morgan fingerprint density at radius 3 is 2.58 bits per heavy atom. The van der Waals surface area contributed by atoms with E-state index >= 15 is 0 Å². The highest BCUT2D eigenvalue weighted by Gasteiger charge is 2.11. The number of amides is 1. The van der Waals surface area contributed by atoms with E-state index in [1.165, 1.54) is 11.8 Å². The van der Waals surface area contributed by atoms with E-state index < -0.39 is 0 Å². The molecule has 0 spiro atoms. The van der Waals surface area contributed by atoms with Crippen molar-refractivity contribution in [2.24, 2.45) is 0 Å². The van der Waals surface area contributed by atoms with Crippen molar-refractivity contribution in [1.29, 1.82) is 0 Å². The molecule has 2 aromatic carbocycles. The van der Waals surface area contributed by atoms with Gasteiger partial charge in [-0.25, -0.2) is 0 Å². The average Bonchev–Trinajstić information content (AvgIpc) is 3.06. The second-order valence-electron chi connectivity index (χ2n) is 5.78. The number of anilines is 1. The van der Waals surface area contributed by atoms with Gasteiger partial charge in [0.2, 0.25) is 5.91 Å². The molecule has 6 nitrogen and oxygen atoms in total. The summed E-state index contributed by atoms with van der Waals surface area (Å²) in [6.07, 6.45) is 0. The third kappa shape index (κ3) is 5.35. The third-order valence-corrected chi connectivity index (χ3v) is 4.20. The van der Waals surface area contributed by atoms with Crippen LogP contribution < -0.4 is 10.1 Å². The molecule has 1 aromatic heterocycles. The number of aromatic nitrogens is 2. The molecule has 0 saturated heterocycles. The van der Waals surface area contributed by atoms with Gasteiger partial charge in [-0.05, 0) is 49.2 Å². The molecule has 1 N–H and O–H groups in total. The lowest BCUT2D eigenvalue weighted by Gasteiger charge is -2.06. The molecule has 0 bridgehead atoms. The van der Waals surface area contributed by atoms with Crippen LogP contribution >= 0.6 is 11.8 Å². The minimum Gasteiger partial charge on any atom is -0.484 e. The summed E-state index contributed by atoms with van der Waals surface area (Å²) in [5.74, 6) is 1.16. The molecule has 3 rings (SSSR count). The van der Waals surface area contributed by atoms with E-state index in [1.807, 2.05) is 56.3 Å². The molecule has 1 heterocycles. The van der Waals surface area contributed by atoms with Crippen molar-refractivity contribution in [3.05, 3.63) is 65.5 Å². The highest BCUT2D eigenvalue weighted by Crippen LogP contribution is 2.19. The van der Waals surface area contributed by atoms with Crippen molar-refractivity contribution in [3.63, 3.8) is 0 Å². The van der Waals surface area contributed by atoms with Gasteiger partial charge in [0.1, 0.15) is 5.75 Å². The minimum atomic E-state index is -0.125. The van der Waals surface area contributed by atoms with Crippen LogP contribution in [0.4, 0.5) is 5.69 Å². The Bertz CT molecular complexity index is 860. The van der Waals surface area contributed by atoms with Gasteiger partial charge in [0.15, 0.2) is 6.61 Å². The number of ether oxygens (including phenoxy) is 1. The van der Waals surface area contributed by atoms with Crippen LogP contribution in [0, 0.1) is 13.8 Å². The smallest absolute Gasteiger partial charge is 0.277 e. The number of nitrogens with one attached hydrogen (secondary N) is 1. The van der Waals surface area contributed by atoms with Crippen LogP contribution in [-0.2, 0) is 11.4 Å². The Hall–Kier alpha value is -2.80. The number of hydrogen-bond acceptors (Lipinski definition) is 6. The van der Waals surface area contributed by atoms with Gasteiger partial charge in [-0.15, -0.1) is 10.2 Å². The van der Waals surface area contributed by atoms with E-state index in [0.717, 1.165) is 22.6 Å². The topological polar surface area (TPSA) is 77.2 Å². The van der Waals surface area contributed by atoms with E-state index in [0.29, 0.717) is 11.1 Å². The SMILES string of the molecule is Cc1cc(C)cc(NC(=O)CSc2nnc(COc3ccccc3)o2)c1. The molecule has 0 aliphatic rings. The predicted molar refractivity (Wildman–Crippen MR) is 100 cm³/mol. The summed E-state index contributed by atoms with van der Waals surface area (Å²) in [7, 11) is 0. The fraction of sp³-hybridized carbons (Fsp3) is 0.211. The first-order valence-electron chi connectivity index (χ1n) is 8.10. The first-order chi connectivity index (χ1) is 12.6. The number of para-hydroxylation sites is 1. The molecule has 0 aliphatic heterocycles. The van der Waals surface area contributed by atoms with Crippen LogP contribution in [0.15, 0.2) is 58.2 Å². The van der Waals surface area contributed by atoms with E-state index in [-0.39, 0.29) is 18.3 Å². The Kier molecular flexibility index (Phi) is 5.91. The Morgan fingerprint density at radius 1 is 1.12 bits per heavy atom. The van der Waals surface area contributed by atoms with E-state index in [9.17, 15) is 4.79 Å². The van der Waals surface area contributed by atoms with Crippen LogP contribution in [0.2, 0.25) is 0 Å². The van der Waals surface area contributed by atoms with Gasteiger partial charge >= 0.3 is 0 Å². The quantitative estimate of drug-likeness (QED) is 0.635.